The van der Waals surface area contributed by atoms with Gasteiger partial charge in [-0.3, -0.25) is 4.79 Å². The molecule has 1 atom stereocenters. The SMILES string of the molecule is CCCOc1ccc(-c2noc(C3CC(=O)N(Cc4cccc(C(F)(F)F)c4)C3)n2)cc1. The smallest absolute Gasteiger partial charge is 0.416 e. The van der Waals surface area contributed by atoms with Crippen LogP contribution in [0.3, 0.4) is 0 Å². The lowest BCUT2D eigenvalue weighted by Crippen LogP contribution is -2.24. The van der Waals surface area contributed by atoms with Crippen LogP contribution in [0.1, 0.15) is 42.7 Å². The predicted molar refractivity (Wildman–Crippen MR) is 110 cm³/mol. The van der Waals surface area contributed by atoms with E-state index < -0.39 is 11.7 Å². The third kappa shape index (κ3) is 4.92. The van der Waals surface area contributed by atoms with Crippen LogP contribution in [0, 0.1) is 0 Å². The molecule has 1 aromatic heterocycles. The quantitative estimate of drug-likeness (QED) is 0.509. The Morgan fingerprint density at radius 2 is 1.97 bits per heavy atom. The molecule has 9 heteroatoms. The van der Waals surface area contributed by atoms with Gasteiger partial charge in [0.2, 0.25) is 17.6 Å². The number of aromatic nitrogens is 2. The van der Waals surface area contributed by atoms with Gasteiger partial charge in [-0.1, -0.05) is 24.2 Å². The standard InChI is InChI=1S/C23H22F3N3O3/c1-2-10-31-19-8-6-16(7-9-19)21-27-22(32-28-21)17-12-20(30)29(14-17)13-15-4-3-5-18(11-15)23(24,25)26/h3-9,11,17H,2,10,12-14H2,1H3. The predicted octanol–water partition coefficient (Wildman–Crippen LogP) is 5.06. The Morgan fingerprint density at radius 3 is 2.69 bits per heavy atom. The van der Waals surface area contributed by atoms with Crippen LogP contribution < -0.4 is 4.74 Å². The zero-order valence-corrected chi connectivity index (χ0v) is 17.4. The first-order valence-corrected chi connectivity index (χ1v) is 10.3. The number of alkyl halides is 3. The molecule has 168 valence electrons. The lowest BCUT2D eigenvalue weighted by Gasteiger charge is -2.17. The molecule has 0 spiro atoms. The Kier molecular flexibility index (Phi) is 6.16. The first kappa shape index (κ1) is 21.9. The Balaban J connectivity index is 1.42. The van der Waals surface area contributed by atoms with Crippen LogP contribution in [0.15, 0.2) is 53.1 Å². The molecule has 1 amide bonds. The molecule has 6 nitrogen and oxygen atoms in total. The Hall–Kier alpha value is -3.36. The fraction of sp³-hybridized carbons (Fsp3) is 0.348. The molecule has 0 radical (unpaired) electrons. The number of hydrogen-bond donors (Lipinski definition) is 0. The highest BCUT2D eigenvalue weighted by molar-refractivity contribution is 5.79. The fourth-order valence-corrected chi connectivity index (χ4v) is 3.60. The van der Waals surface area contributed by atoms with E-state index in [4.69, 9.17) is 9.26 Å². The number of rotatable bonds is 7. The molecule has 2 heterocycles. The van der Waals surface area contributed by atoms with Crippen molar-refractivity contribution < 1.29 is 27.2 Å². The highest BCUT2D eigenvalue weighted by atomic mass is 19.4. The first-order valence-electron chi connectivity index (χ1n) is 10.3. The second-order valence-corrected chi connectivity index (χ2v) is 7.70. The number of halogens is 3. The summed E-state index contributed by atoms with van der Waals surface area (Å²) < 4.78 is 49.8. The van der Waals surface area contributed by atoms with Gasteiger partial charge in [-0.25, -0.2) is 0 Å². The second kappa shape index (κ2) is 9.02. The van der Waals surface area contributed by atoms with Crippen LogP contribution in [-0.4, -0.2) is 34.1 Å². The number of likely N-dealkylation sites (tertiary alicyclic amines) is 1. The van der Waals surface area contributed by atoms with Gasteiger partial charge in [-0.15, -0.1) is 0 Å². The number of hydrogen-bond acceptors (Lipinski definition) is 5. The van der Waals surface area contributed by atoms with Gasteiger partial charge in [-0.05, 0) is 48.4 Å². The van der Waals surface area contributed by atoms with Gasteiger partial charge in [0.05, 0.1) is 18.1 Å². The van der Waals surface area contributed by atoms with E-state index in [0.717, 1.165) is 29.9 Å². The summed E-state index contributed by atoms with van der Waals surface area (Å²) in [6.07, 6.45) is -3.33. The van der Waals surface area contributed by atoms with Gasteiger partial charge in [0.15, 0.2) is 0 Å². The topological polar surface area (TPSA) is 68.5 Å². The first-order chi connectivity index (χ1) is 15.3. The maximum atomic E-state index is 12.9. The van der Waals surface area contributed by atoms with Gasteiger partial charge in [-0.2, -0.15) is 18.2 Å². The zero-order chi connectivity index (χ0) is 22.7. The largest absolute Gasteiger partial charge is 0.494 e. The lowest BCUT2D eigenvalue weighted by molar-refractivity contribution is -0.137. The van der Waals surface area contributed by atoms with E-state index in [1.54, 1.807) is 6.07 Å². The van der Waals surface area contributed by atoms with Crippen molar-refractivity contribution in [3.05, 3.63) is 65.5 Å². The van der Waals surface area contributed by atoms with Gasteiger partial charge in [0, 0.05) is 25.1 Å². The molecule has 32 heavy (non-hydrogen) atoms. The second-order valence-electron chi connectivity index (χ2n) is 7.70. The van der Waals surface area contributed by atoms with Crippen LogP contribution in [-0.2, 0) is 17.5 Å². The summed E-state index contributed by atoms with van der Waals surface area (Å²) in [4.78, 5) is 18.4. The summed E-state index contributed by atoms with van der Waals surface area (Å²) in [5, 5.41) is 4.01. The van der Waals surface area contributed by atoms with E-state index in [0.29, 0.717) is 30.4 Å². The minimum absolute atomic E-state index is 0.0967. The summed E-state index contributed by atoms with van der Waals surface area (Å²) in [5.41, 5.74) is 0.449. The minimum atomic E-state index is -4.42. The van der Waals surface area contributed by atoms with E-state index in [1.807, 2.05) is 31.2 Å². The van der Waals surface area contributed by atoms with Crippen molar-refractivity contribution in [1.29, 1.82) is 0 Å². The molecule has 0 aliphatic carbocycles. The van der Waals surface area contributed by atoms with Gasteiger partial charge < -0.3 is 14.2 Å². The molecular formula is C23H22F3N3O3. The Morgan fingerprint density at radius 1 is 1.19 bits per heavy atom. The van der Waals surface area contributed by atoms with Crippen molar-refractivity contribution in [2.24, 2.45) is 0 Å². The van der Waals surface area contributed by atoms with Crippen molar-refractivity contribution in [2.45, 2.75) is 38.4 Å². The number of carbonyl (C=O) groups excluding carboxylic acids is 1. The summed E-state index contributed by atoms with van der Waals surface area (Å²) in [7, 11) is 0. The molecule has 0 saturated carbocycles. The van der Waals surface area contributed by atoms with Gasteiger partial charge in [0.25, 0.3) is 0 Å². The fourth-order valence-electron chi connectivity index (χ4n) is 3.60. The van der Waals surface area contributed by atoms with E-state index >= 15 is 0 Å². The normalized spacial score (nSPS) is 16.6. The lowest BCUT2D eigenvalue weighted by atomic mass is 10.1. The number of nitrogens with zero attached hydrogens (tertiary/aromatic N) is 3. The van der Waals surface area contributed by atoms with Crippen LogP contribution in [0.2, 0.25) is 0 Å². The average Bonchev–Trinajstić information content (AvgIpc) is 3.40. The molecule has 2 aromatic carbocycles. The molecule has 1 unspecified atom stereocenters. The highest BCUT2D eigenvalue weighted by Gasteiger charge is 2.35. The molecule has 1 saturated heterocycles. The summed E-state index contributed by atoms with van der Waals surface area (Å²) in [6.45, 7) is 3.07. The average molecular weight is 445 g/mol. The molecule has 3 aromatic rings. The maximum absolute atomic E-state index is 12.9. The number of carbonyl (C=O) groups is 1. The van der Waals surface area contributed by atoms with Crippen molar-refractivity contribution in [1.82, 2.24) is 15.0 Å². The minimum Gasteiger partial charge on any atom is -0.494 e. The van der Waals surface area contributed by atoms with E-state index in [1.165, 1.54) is 11.0 Å². The summed E-state index contributed by atoms with van der Waals surface area (Å²) in [5.74, 6) is 1.04. The van der Waals surface area contributed by atoms with E-state index in [2.05, 4.69) is 10.1 Å². The number of benzene rings is 2. The monoisotopic (exact) mass is 445 g/mol. The Bertz CT molecular complexity index is 1080. The van der Waals surface area contributed by atoms with Gasteiger partial charge >= 0.3 is 6.18 Å². The molecule has 0 N–H and O–H groups in total. The number of amides is 1. The van der Waals surface area contributed by atoms with Crippen molar-refractivity contribution in [3.8, 4) is 17.1 Å². The summed E-state index contributed by atoms with van der Waals surface area (Å²) in [6, 6.07) is 12.3. The van der Waals surface area contributed by atoms with Gasteiger partial charge in [0.1, 0.15) is 5.75 Å². The molecule has 4 rings (SSSR count). The molecule has 1 aliphatic rings. The maximum Gasteiger partial charge on any atom is 0.416 e. The van der Waals surface area contributed by atoms with Crippen LogP contribution >= 0.6 is 0 Å². The number of ether oxygens (including phenoxy) is 1. The van der Waals surface area contributed by atoms with Crippen molar-refractivity contribution in [2.75, 3.05) is 13.2 Å². The third-order valence-corrected chi connectivity index (χ3v) is 5.22. The Labute approximate surface area is 183 Å². The molecule has 1 aliphatic heterocycles. The van der Waals surface area contributed by atoms with Crippen molar-refractivity contribution in [3.63, 3.8) is 0 Å². The van der Waals surface area contributed by atoms with Crippen LogP contribution in [0.4, 0.5) is 13.2 Å². The summed E-state index contributed by atoms with van der Waals surface area (Å²) >= 11 is 0. The van der Waals surface area contributed by atoms with Crippen LogP contribution in [0.25, 0.3) is 11.4 Å². The van der Waals surface area contributed by atoms with E-state index in [-0.39, 0.29) is 24.8 Å². The molecular weight excluding hydrogens is 423 g/mol. The molecule has 0 bridgehead atoms. The highest BCUT2D eigenvalue weighted by Crippen LogP contribution is 2.32. The zero-order valence-electron chi connectivity index (χ0n) is 17.4. The van der Waals surface area contributed by atoms with E-state index in [9.17, 15) is 18.0 Å². The van der Waals surface area contributed by atoms with Crippen molar-refractivity contribution >= 4 is 5.91 Å². The van der Waals surface area contributed by atoms with Crippen LogP contribution in [0.5, 0.6) is 5.75 Å². The molecule has 1 fully saturated rings. The third-order valence-electron chi connectivity index (χ3n) is 5.22.